The summed E-state index contributed by atoms with van der Waals surface area (Å²) >= 11 is 0. The van der Waals surface area contributed by atoms with Crippen molar-refractivity contribution in [2.75, 3.05) is 6.61 Å². The lowest BCUT2D eigenvalue weighted by Crippen LogP contribution is -2.25. The first-order valence-electron chi connectivity index (χ1n) is 4.35. The van der Waals surface area contributed by atoms with Gasteiger partial charge in [-0.3, -0.25) is 9.32 Å². The maximum atomic E-state index is 10.4. The van der Waals surface area contributed by atoms with Gasteiger partial charge in [-0.1, -0.05) is 0 Å². The normalized spacial score (nSPS) is 16.0. The predicted molar refractivity (Wildman–Crippen MR) is 50.0 cm³/mol. The van der Waals surface area contributed by atoms with Crippen molar-refractivity contribution in [1.29, 1.82) is 0 Å². The molecule has 0 saturated heterocycles. The molecular formula is C7H15O7P. The number of phosphoric acid groups is 1. The maximum absolute atomic E-state index is 10.4. The molecule has 0 aromatic carbocycles. The first kappa shape index (κ1) is 14.5. The van der Waals surface area contributed by atoms with Gasteiger partial charge in [0.25, 0.3) is 0 Å². The Morgan fingerprint density at radius 3 is 2.40 bits per heavy atom. The molecule has 0 amide bonds. The van der Waals surface area contributed by atoms with Crippen LogP contribution in [0.3, 0.4) is 0 Å². The Morgan fingerprint density at radius 2 is 2.00 bits per heavy atom. The van der Waals surface area contributed by atoms with E-state index in [0.717, 1.165) is 0 Å². The largest absolute Gasteiger partial charge is 0.481 e. The van der Waals surface area contributed by atoms with Crippen molar-refractivity contribution >= 4 is 13.8 Å². The van der Waals surface area contributed by atoms with Gasteiger partial charge in [0.1, 0.15) is 0 Å². The molecule has 90 valence electrons. The highest BCUT2D eigenvalue weighted by Crippen LogP contribution is 2.35. The highest BCUT2D eigenvalue weighted by Gasteiger charge is 2.21. The van der Waals surface area contributed by atoms with Gasteiger partial charge in [0.15, 0.2) is 0 Å². The number of carboxylic acid groups (broad SMARTS) is 1. The van der Waals surface area contributed by atoms with Gasteiger partial charge < -0.3 is 20.0 Å². The Balaban J connectivity index is 3.69. The van der Waals surface area contributed by atoms with Gasteiger partial charge in [-0.25, -0.2) is 4.57 Å². The minimum atomic E-state index is -4.47. The molecule has 7 nitrogen and oxygen atoms in total. The third kappa shape index (κ3) is 7.47. The maximum Gasteiger partial charge on any atom is 0.469 e. The second kappa shape index (κ2) is 6.19. The van der Waals surface area contributed by atoms with Gasteiger partial charge in [-0.15, -0.1) is 0 Å². The molecule has 4 N–H and O–H groups in total. The molecule has 0 heterocycles. The molecule has 0 saturated carbocycles. The monoisotopic (exact) mass is 242 g/mol. The molecule has 2 atom stereocenters. The molecule has 0 radical (unpaired) electrons. The van der Waals surface area contributed by atoms with Crippen molar-refractivity contribution < 1.29 is 33.9 Å². The molecule has 0 bridgehead atoms. The Bertz CT molecular complexity index is 248. The van der Waals surface area contributed by atoms with Crippen LogP contribution in [-0.4, -0.2) is 38.7 Å². The molecule has 0 aliphatic heterocycles. The zero-order valence-corrected chi connectivity index (χ0v) is 9.13. The smallest absolute Gasteiger partial charge is 0.469 e. The minimum Gasteiger partial charge on any atom is -0.481 e. The van der Waals surface area contributed by atoms with E-state index in [9.17, 15) is 14.5 Å². The summed E-state index contributed by atoms with van der Waals surface area (Å²) in [6.45, 7) is 1.14. The van der Waals surface area contributed by atoms with Crippen molar-refractivity contribution in [3.05, 3.63) is 0 Å². The van der Waals surface area contributed by atoms with Crippen LogP contribution in [0.1, 0.15) is 19.8 Å². The summed E-state index contributed by atoms with van der Waals surface area (Å²) in [5.41, 5.74) is 0. The summed E-state index contributed by atoms with van der Waals surface area (Å²) in [5, 5.41) is 17.8. The second-order valence-corrected chi connectivity index (χ2v) is 4.40. The fraction of sp³-hybridized carbons (Fsp3) is 0.857. The molecule has 0 aliphatic rings. The van der Waals surface area contributed by atoms with Crippen LogP contribution in [0.15, 0.2) is 0 Å². The van der Waals surface area contributed by atoms with Gasteiger partial charge in [-0.05, 0) is 19.8 Å². The van der Waals surface area contributed by atoms with E-state index < -0.39 is 25.8 Å². The van der Waals surface area contributed by atoms with Crippen LogP contribution in [-0.2, 0) is 13.9 Å². The van der Waals surface area contributed by atoms with Gasteiger partial charge in [-0.2, -0.15) is 0 Å². The van der Waals surface area contributed by atoms with Crippen molar-refractivity contribution in [3.63, 3.8) is 0 Å². The molecule has 8 heteroatoms. The van der Waals surface area contributed by atoms with Crippen LogP contribution in [0, 0.1) is 5.92 Å². The van der Waals surface area contributed by atoms with Crippen molar-refractivity contribution in [2.24, 2.45) is 5.92 Å². The molecule has 0 fully saturated rings. The third-order valence-corrected chi connectivity index (χ3v) is 2.39. The van der Waals surface area contributed by atoms with Gasteiger partial charge >= 0.3 is 13.8 Å². The SMILES string of the molecule is CC(C(=O)O)C(O)CCCOP(=O)(O)O. The zero-order chi connectivity index (χ0) is 12.1. The topological polar surface area (TPSA) is 124 Å². The summed E-state index contributed by atoms with van der Waals surface area (Å²) in [7, 11) is -4.47. The Hall–Kier alpha value is -0.460. The Morgan fingerprint density at radius 1 is 1.47 bits per heavy atom. The zero-order valence-electron chi connectivity index (χ0n) is 8.24. The first-order chi connectivity index (χ1) is 6.74. The lowest BCUT2D eigenvalue weighted by molar-refractivity contribution is -0.145. The summed E-state index contributed by atoms with van der Waals surface area (Å²) in [6.07, 6.45) is -0.736. The van der Waals surface area contributed by atoms with E-state index in [1.807, 2.05) is 0 Å². The van der Waals surface area contributed by atoms with Gasteiger partial charge in [0.2, 0.25) is 0 Å². The average molecular weight is 242 g/mol. The van der Waals surface area contributed by atoms with Gasteiger partial charge in [0.05, 0.1) is 18.6 Å². The number of phosphoric ester groups is 1. The number of aliphatic hydroxyl groups excluding tert-OH is 1. The fourth-order valence-corrected chi connectivity index (χ4v) is 1.26. The molecule has 0 spiro atoms. The molecule has 15 heavy (non-hydrogen) atoms. The van der Waals surface area contributed by atoms with Crippen molar-refractivity contribution in [3.8, 4) is 0 Å². The number of carboxylic acids is 1. The van der Waals surface area contributed by atoms with Crippen molar-refractivity contribution in [2.45, 2.75) is 25.9 Å². The van der Waals surface area contributed by atoms with E-state index >= 15 is 0 Å². The number of carbonyl (C=O) groups is 1. The van der Waals surface area contributed by atoms with Crippen molar-refractivity contribution in [1.82, 2.24) is 0 Å². The summed E-state index contributed by atoms with van der Waals surface area (Å²) in [5.74, 6) is -2.02. The number of rotatable bonds is 7. The molecular weight excluding hydrogens is 227 g/mol. The van der Waals surface area contributed by atoms with E-state index in [2.05, 4.69) is 4.52 Å². The highest BCUT2D eigenvalue weighted by molar-refractivity contribution is 7.46. The van der Waals surface area contributed by atoms with Crippen LogP contribution < -0.4 is 0 Å². The van der Waals surface area contributed by atoms with Crippen LogP contribution in [0.25, 0.3) is 0 Å². The standard InChI is InChI=1S/C7H15O7P/c1-5(7(9)10)6(8)3-2-4-14-15(11,12)13/h5-6,8H,2-4H2,1H3,(H,9,10)(H2,11,12,13). The molecule has 0 aliphatic carbocycles. The van der Waals surface area contributed by atoms with E-state index in [4.69, 9.17) is 14.9 Å². The number of aliphatic carboxylic acids is 1. The number of hydrogen-bond donors (Lipinski definition) is 4. The average Bonchev–Trinajstić information content (AvgIpc) is 2.09. The Labute approximate surface area is 86.9 Å². The second-order valence-electron chi connectivity index (χ2n) is 3.16. The molecule has 0 aromatic rings. The lowest BCUT2D eigenvalue weighted by atomic mass is 10.0. The van der Waals surface area contributed by atoms with E-state index in [1.165, 1.54) is 6.92 Å². The predicted octanol–water partition coefficient (Wildman–Crippen LogP) is -0.0425. The van der Waals surface area contributed by atoms with Gasteiger partial charge in [0, 0.05) is 0 Å². The fourth-order valence-electron chi connectivity index (χ4n) is 0.891. The third-order valence-electron chi connectivity index (χ3n) is 1.87. The van der Waals surface area contributed by atoms with E-state index in [-0.39, 0.29) is 19.4 Å². The van der Waals surface area contributed by atoms with Crippen LogP contribution in [0.4, 0.5) is 0 Å². The van der Waals surface area contributed by atoms with Crippen LogP contribution in [0.2, 0.25) is 0 Å². The van der Waals surface area contributed by atoms with Crippen LogP contribution >= 0.6 is 7.82 Å². The van der Waals surface area contributed by atoms with Crippen LogP contribution in [0.5, 0.6) is 0 Å². The molecule has 0 aromatic heterocycles. The molecule has 0 rings (SSSR count). The van der Waals surface area contributed by atoms with E-state index in [1.54, 1.807) is 0 Å². The minimum absolute atomic E-state index is 0.119. The summed E-state index contributed by atoms with van der Waals surface area (Å²) in [6, 6.07) is 0. The summed E-state index contributed by atoms with van der Waals surface area (Å²) < 4.78 is 14.4. The highest BCUT2D eigenvalue weighted by atomic mass is 31.2. The van der Waals surface area contributed by atoms with E-state index in [0.29, 0.717) is 0 Å². The first-order valence-corrected chi connectivity index (χ1v) is 5.88. The number of aliphatic hydroxyl groups is 1. The lowest BCUT2D eigenvalue weighted by Gasteiger charge is -2.14. The number of hydrogen-bond acceptors (Lipinski definition) is 4. The Kier molecular flexibility index (Phi) is 6.00. The quantitative estimate of drug-likeness (QED) is 0.364. The summed E-state index contributed by atoms with van der Waals surface area (Å²) in [4.78, 5) is 27.0. The molecule has 2 unspecified atom stereocenters.